The zero-order chi connectivity index (χ0) is 16.9. The summed E-state index contributed by atoms with van der Waals surface area (Å²) >= 11 is -0.310. The number of hydrogen-bond acceptors (Lipinski definition) is 3. The van der Waals surface area contributed by atoms with Crippen LogP contribution in [0.1, 0.15) is 24.2 Å². The van der Waals surface area contributed by atoms with Crippen molar-refractivity contribution in [2.45, 2.75) is 19.4 Å². The molecule has 0 saturated heterocycles. The van der Waals surface area contributed by atoms with Crippen molar-refractivity contribution in [3.05, 3.63) is 76.8 Å². The monoisotopic (exact) mass is 374 g/mol. The molecule has 0 radical (unpaired) electrons. The molecule has 0 heterocycles. The SMILES string of the molecule is CC(C)(O)C(=O)/C=C(\[Se]c1ccccc1)C(=O)c1ccccc1. The Morgan fingerprint density at radius 3 is 2.00 bits per heavy atom. The molecule has 0 unspecified atom stereocenters. The third kappa shape index (κ3) is 5.00. The van der Waals surface area contributed by atoms with Crippen molar-refractivity contribution in [3.8, 4) is 0 Å². The van der Waals surface area contributed by atoms with Gasteiger partial charge in [-0.1, -0.05) is 0 Å². The van der Waals surface area contributed by atoms with Gasteiger partial charge in [0.1, 0.15) is 0 Å². The Morgan fingerprint density at radius 1 is 0.957 bits per heavy atom. The molecule has 1 N–H and O–H groups in total. The van der Waals surface area contributed by atoms with Gasteiger partial charge in [0.2, 0.25) is 0 Å². The molecule has 0 amide bonds. The Hall–Kier alpha value is -2.00. The molecule has 0 aliphatic rings. The van der Waals surface area contributed by atoms with Crippen molar-refractivity contribution in [2.75, 3.05) is 0 Å². The number of carbonyl (C=O) groups is 2. The van der Waals surface area contributed by atoms with Crippen LogP contribution < -0.4 is 4.46 Å². The summed E-state index contributed by atoms with van der Waals surface area (Å²) < 4.78 is 1.43. The van der Waals surface area contributed by atoms with E-state index in [1.54, 1.807) is 24.3 Å². The van der Waals surface area contributed by atoms with Crippen LogP contribution in [-0.2, 0) is 4.79 Å². The first-order chi connectivity index (χ1) is 10.9. The van der Waals surface area contributed by atoms with Crippen molar-refractivity contribution in [2.24, 2.45) is 0 Å². The number of allylic oxidation sites excluding steroid dienone is 1. The Labute approximate surface area is 142 Å². The van der Waals surface area contributed by atoms with Gasteiger partial charge >= 0.3 is 142 Å². The van der Waals surface area contributed by atoms with Gasteiger partial charge in [0.05, 0.1) is 0 Å². The van der Waals surface area contributed by atoms with Crippen LogP contribution in [0.15, 0.2) is 71.2 Å². The molecule has 0 aliphatic carbocycles. The first-order valence-electron chi connectivity index (χ1n) is 7.19. The number of ketones is 2. The standard InChI is InChI=1S/C19H18O3Se/c1-19(2,22)17(20)13-16(23-15-11-7-4-8-12-15)18(21)14-9-5-3-6-10-14/h3-13,22H,1-2H3/b16-13-. The van der Waals surface area contributed by atoms with Crippen LogP contribution in [-0.4, -0.2) is 37.2 Å². The van der Waals surface area contributed by atoms with E-state index in [0.717, 1.165) is 4.46 Å². The van der Waals surface area contributed by atoms with Crippen molar-refractivity contribution in [1.82, 2.24) is 0 Å². The van der Waals surface area contributed by atoms with Crippen molar-refractivity contribution in [3.63, 3.8) is 0 Å². The van der Waals surface area contributed by atoms with Gasteiger partial charge in [-0.2, -0.15) is 0 Å². The second kappa shape index (κ2) is 7.51. The van der Waals surface area contributed by atoms with Crippen molar-refractivity contribution >= 4 is 31.0 Å². The van der Waals surface area contributed by atoms with Crippen LogP contribution in [0, 0.1) is 0 Å². The zero-order valence-corrected chi connectivity index (χ0v) is 14.7. The molecule has 0 saturated carbocycles. The number of hydrogen-bond donors (Lipinski definition) is 1. The molecule has 0 aliphatic heterocycles. The maximum atomic E-state index is 12.7. The summed E-state index contributed by atoms with van der Waals surface area (Å²) in [6, 6.07) is 18.4. The molecular weight excluding hydrogens is 355 g/mol. The Balaban J connectivity index is 2.37. The molecule has 0 aromatic heterocycles. The predicted molar refractivity (Wildman–Crippen MR) is 92.0 cm³/mol. The minimum atomic E-state index is -1.49. The fraction of sp³-hybridized carbons (Fsp3) is 0.158. The molecule has 3 nitrogen and oxygen atoms in total. The summed E-state index contributed by atoms with van der Waals surface area (Å²) in [7, 11) is 0. The summed E-state index contributed by atoms with van der Waals surface area (Å²) in [5.74, 6) is -0.637. The number of aliphatic hydroxyl groups is 1. The van der Waals surface area contributed by atoms with Gasteiger partial charge in [-0.05, 0) is 0 Å². The molecule has 0 fully saturated rings. The number of carbonyl (C=O) groups excluding carboxylic acids is 2. The van der Waals surface area contributed by atoms with E-state index in [1.165, 1.54) is 19.9 Å². The second-order valence-corrected chi connectivity index (χ2v) is 7.88. The molecule has 23 heavy (non-hydrogen) atoms. The van der Waals surface area contributed by atoms with E-state index in [4.69, 9.17) is 0 Å². The third-order valence-electron chi connectivity index (χ3n) is 3.10. The maximum absolute atomic E-state index is 12.7. The molecule has 2 rings (SSSR count). The topological polar surface area (TPSA) is 54.4 Å². The van der Waals surface area contributed by atoms with Crippen LogP contribution >= 0.6 is 0 Å². The molecule has 2 aromatic carbocycles. The average Bonchev–Trinajstić information content (AvgIpc) is 2.54. The Morgan fingerprint density at radius 2 is 1.48 bits per heavy atom. The van der Waals surface area contributed by atoms with Gasteiger partial charge < -0.3 is 0 Å². The minimum absolute atomic E-state index is 0.174. The van der Waals surface area contributed by atoms with Gasteiger partial charge in [-0.25, -0.2) is 0 Å². The van der Waals surface area contributed by atoms with Crippen molar-refractivity contribution < 1.29 is 14.7 Å². The van der Waals surface area contributed by atoms with Gasteiger partial charge in [-0.15, -0.1) is 0 Å². The second-order valence-electron chi connectivity index (χ2n) is 5.54. The number of benzene rings is 2. The Bertz CT molecular complexity index is 713. The van der Waals surface area contributed by atoms with Crippen LogP contribution in [0.5, 0.6) is 0 Å². The molecule has 4 heteroatoms. The summed E-state index contributed by atoms with van der Waals surface area (Å²) in [6.07, 6.45) is 1.29. The quantitative estimate of drug-likeness (QED) is 0.480. The predicted octanol–water partition coefficient (Wildman–Crippen LogP) is 2.12. The van der Waals surface area contributed by atoms with Crippen LogP contribution in [0.25, 0.3) is 0 Å². The van der Waals surface area contributed by atoms with Gasteiger partial charge in [0, 0.05) is 0 Å². The molecule has 2 aromatic rings. The summed E-state index contributed by atoms with van der Waals surface area (Å²) in [4.78, 5) is 24.9. The van der Waals surface area contributed by atoms with Gasteiger partial charge in [-0.3, -0.25) is 0 Å². The first kappa shape index (κ1) is 17.4. The van der Waals surface area contributed by atoms with Gasteiger partial charge in [0.15, 0.2) is 0 Å². The van der Waals surface area contributed by atoms with E-state index in [1.807, 2.05) is 36.4 Å². The molecule has 0 bridgehead atoms. The molecule has 0 atom stereocenters. The zero-order valence-electron chi connectivity index (χ0n) is 13.0. The van der Waals surface area contributed by atoms with E-state index < -0.39 is 11.4 Å². The van der Waals surface area contributed by atoms with Gasteiger partial charge in [0.25, 0.3) is 0 Å². The number of Topliss-reactive ketones (excluding diaryl/α,β-unsaturated/α-hetero) is 1. The first-order valence-corrected chi connectivity index (χ1v) is 8.90. The van der Waals surface area contributed by atoms with E-state index in [2.05, 4.69) is 0 Å². The summed E-state index contributed by atoms with van der Waals surface area (Å²) in [5, 5.41) is 9.86. The fourth-order valence-electron chi connectivity index (χ4n) is 1.78. The van der Waals surface area contributed by atoms with Crippen LogP contribution in [0.4, 0.5) is 0 Å². The average molecular weight is 373 g/mol. The summed E-state index contributed by atoms with van der Waals surface area (Å²) in [6.45, 7) is 2.85. The van der Waals surface area contributed by atoms with Crippen LogP contribution in [0.2, 0.25) is 0 Å². The normalized spacial score (nSPS) is 12.0. The van der Waals surface area contributed by atoms with E-state index in [-0.39, 0.29) is 20.7 Å². The third-order valence-corrected chi connectivity index (χ3v) is 5.26. The van der Waals surface area contributed by atoms with E-state index >= 15 is 0 Å². The Kier molecular flexibility index (Phi) is 5.67. The van der Waals surface area contributed by atoms with Crippen molar-refractivity contribution in [1.29, 1.82) is 0 Å². The fourth-order valence-corrected chi connectivity index (χ4v) is 3.72. The van der Waals surface area contributed by atoms with Crippen LogP contribution in [0.3, 0.4) is 0 Å². The number of rotatable bonds is 6. The molecule has 118 valence electrons. The summed E-state index contributed by atoms with van der Waals surface area (Å²) in [5.41, 5.74) is -0.949. The van der Waals surface area contributed by atoms with E-state index in [9.17, 15) is 14.7 Å². The molecular formula is C19H18O3Se. The molecule has 0 spiro atoms. The van der Waals surface area contributed by atoms with E-state index in [0.29, 0.717) is 10.0 Å².